The van der Waals surface area contributed by atoms with Crippen LogP contribution < -0.4 is 15.8 Å². The molecule has 1 aromatic rings. The quantitative estimate of drug-likeness (QED) is 0.694. The fourth-order valence-corrected chi connectivity index (χ4v) is 2.58. The number of primary sulfonamides is 1. The SMILES string of the molecule is CNC1COCC1C(=O)Nc1ccc(S(N)(=O)=O)cc1. The van der Waals surface area contributed by atoms with Crippen LogP contribution in [0.3, 0.4) is 0 Å². The molecule has 0 aromatic heterocycles. The first-order valence-electron chi connectivity index (χ1n) is 6.10. The Labute approximate surface area is 117 Å². The lowest BCUT2D eigenvalue weighted by Crippen LogP contribution is -2.39. The summed E-state index contributed by atoms with van der Waals surface area (Å²) in [7, 11) is -1.94. The van der Waals surface area contributed by atoms with Gasteiger partial charge >= 0.3 is 0 Å². The van der Waals surface area contributed by atoms with Gasteiger partial charge in [0.05, 0.1) is 24.0 Å². The molecule has 0 spiro atoms. The van der Waals surface area contributed by atoms with Gasteiger partial charge in [0, 0.05) is 11.7 Å². The monoisotopic (exact) mass is 299 g/mol. The zero-order chi connectivity index (χ0) is 14.8. The summed E-state index contributed by atoms with van der Waals surface area (Å²) >= 11 is 0. The van der Waals surface area contributed by atoms with Crippen molar-refractivity contribution in [1.29, 1.82) is 0 Å². The summed E-state index contributed by atoms with van der Waals surface area (Å²) in [5.41, 5.74) is 0.518. The van der Waals surface area contributed by atoms with E-state index in [-0.39, 0.29) is 22.8 Å². The number of nitrogens with two attached hydrogens (primary N) is 1. The second-order valence-electron chi connectivity index (χ2n) is 4.60. The number of hydrogen-bond acceptors (Lipinski definition) is 5. The van der Waals surface area contributed by atoms with E-state index in [0.717, 1.165) is 0 Å². The van der Waals surface area contributed by atoms with Gasteiger partial charge in [0.25, 0.3) is 0 Å². The Hall–Kier alpha value is -1.48. The third kappa shape index (κ3) is 3.34. The van der Waals surface area contributed by atoms with Gasteiger partial charge in [-0.3, -0.25) is 4.79 Å². The van der Waals surface area contributed by atoms with Crippen molar-refractivity contribution >= 4 is 21.6 Å². The molecule has 2 rings (SSSR count). The molecule has 1 heterocycles. The van der Waals surface area contributed by atoms with Crippen molar-refractivity contribution in [1.82, 2.24) is 5.32 Å². The number of benzene rings is 1. The van der Waals surface area contributed by atoms with Gasteiger partial charge in [0.1, 0.15) is 0 Å². The van der Waals surface area contributed by atoms with Gasteiger partial charge in [0.15, 0.2) is 0 Å². The first-order chi connectivity index (χ1) is 9.41. The number of carbonyl (C=O) groups excluding carboxylic acids is 1. The highest BCUT2D eigenvalue weighted by Gasteiger charge is 2.32. The smallest absolute Gasteiger partial charge is 0.238 e. The Morgan fingerprint density at radius 1 is 1.30 bits per heavy atom. The van der Waals surface area contributed by atoms with Crippen molar-refractivity contribution in [3.63, 3.8) is 0 Å². The third-order valence-corrected chi connectivity index (χ3v) is 4.17. The molecule has 1 aliphatic heterocycles. The molecule has 8 heteroatoms. The van der Waals surface area contributed by atoms with Crippen LogP contribution in [-0.4, -0.2) is 40.6 Å². The molecule has 1 saturated heterocycles. The summed E-state index contributed by atoms with van der Waals surface area (Å²) in [5.74, 6) is -0.428. The summed E-state index contributed by atoms with van der Waals surface area (Å²) in [6.45, 7) is 0.867. The number of ether oxygens (including phenoxy) is 1. The van der Waals surface area contributed by atoms with E-state index in [0.29, 0.717) is 18.9 Å². The molecule has 0 saturated carbocycles. The minimum atomic E-state index is -3.72. The van der Waals surface area contributed by atoms with Crippen molar-refractivity contribution in [2.45, 2.75) is 10.9 Å². The number of nitrogens with one attached hydrogen (secondary N) is 2. The van der Waals surface area contributed by atoms with Crippen LogP contribution in [0.2, 0.25) is 0 Å². The molecule has 1 fully saturated rings. The van der Waals surface area contributed by atoms with Crippen LogP contribution in [0.1, 0.15) is 0 Å². The molecule has 1 aliphatic rings. The Morgan fingerprint density at radius 2 is 1.95 bits per heavy atom. The molecule has 0 bridgehead atoms. The Morgan fingerprint density at radius 3 is 2.50 bits per heavy atom. The average Bonchev–Trinajstić information content (AvgIpc) is 2.86. The van der Waals surface area contributed by atoms with E-state index < -0.39 is 10.0 Å². The number of rotatable bonds is 4. The van der Waals surface area contributed by atoms with Gasteiger partial charge in [0.2, 0.25) is 15.9 Å². The van der Waals surface area contributed by atoms with Crippen LogP contribution in [0.5, 0.6) is 0 Å². The molecule has 7 nitrogen and oxygen atoms in total. The van der Waals surface area contributed by atoms with Crippen LogP contribution in [-0.2, 0) is 19.6 Å². The first-order valence-corrected chi connectivity index (χ1v) is 7.65. The van der Waals surface area contributed by atoms with E-state index in [1.54, 1.807) is 7.05 Å². The van der Waals surface area contributed by atoms with Crippen molar-refractivity contribution in [2.75, 3.05) is 25.6 Å². The van der Waals surface area contributed by atoms with E-state index in [1.807, 2.05) is 0 Å². The molecular weight excluding hydrogens is 282 g/mol. The van der Waals surface area contributed by atoms with Gasteiger partial charge in [-0.15, -0.1) is 0 Å². The van der Waals surface area contributed by atoms with Crippen molar-refractivity contribution < 1.29 is 17.9 Å². The second kappa shape index (κ2) is 5.88. The lowest BCUT2D eigenvalue weighted by Gasteiger charge is -2.16. The predicted octanol–water partition coefficient (Wildman–Crippen LogP) is -0.493. The highest BCUT2D eigenvalue weighted by Crippen LogP contribution is 2.18. The Bertz CT molecular complexity index is 585. The fourth-order valence-electron chi connectivity index (χ4n) is 2.06. The van der Waals surface area contributed by atoms with E-state index in [9.17, 15) is 13.2 Å². The van der Waals surface area contributed by atoms with Crippen molar-refractivity contribution in [3.8, 4) is 0 Å². The number of amides is 1. The van der Waals surface area contributed by atoms with Crippen molar-refractivity contribution in [2.24, 2.45) is 11.1 Å². The van der Waals surface area contributed by atoms with Crippen LogP contribution in [0, 0.1) is 5.92 Å². The largest absolute Gasteiger partial charge is 0.379 e. The molecular formula is C12H17N3O4S. The number of sulfonamides is 1. The fraction of sp³-hybridized carbons (Fsp3) is 0.417. The van der Waals surface area contributed by atoms with Gasteiger partial charge < -0.3 is 15.4 Å². The third-order valence-electron chi connectivity index (χ3n) is 3.24. The molecule has 110 valence electrons. The number of anilines is 1. The predicted molar refractivity (Wildman–Crippen MR) is 73.6 cm³/mol. The number of carbonyl (C=O) groups is 1. The zero-order valence-corrected chi connectivity index (χ0v) is 11.8. The lowest BCUT2D eigenvalue weighted by molar-refractivity contribution is -0.120. The minimum absolute atomic E-state index is 0.00722. The highest BCUT2D eigenvalue weighted by molar-refractivity contribution is 7.89. The summed E-state index contributed by atoms with van der Waals surface area (Å²) in [6.07, 6.45) is 0. The van der Waals surface area contributed by atoms with E-state index in [4.69, 9.17) is 9.88 Å². The summed E-state index contributed by atoms with van der Waals surface area (Å²) in [4.78, 5) is 12.1. The second-order valence-corrected chi connectivity index (χ2v) is 6.16. The number of likely N-dealkylation sites (N-methyl/N-ethyl adjacent to an activating group) is 1. The summed E-state index contributed by atoms with van der Waals surface area (Å²) in [6, 6.07) is 5.69. The molecule has 2 atom stereocenters. The topological polar surface area (TPSA) is 111 Å². The van der Waals surface area contributed by atoms with Crippen LogP contribution in [0.15, 0.2) is 29.2 Å². The molecule has 4 N–H and O–H groups in total. The van der Waals surface area contributed by atoms with Crippen LogP contribution >= 0.6 is 0 Å². The number of hydrogen-bond donors (Lipinski definition) is 3. The molecule has 0 radical (unpaired) electrons. The maximum absolute atomic E-state index is 12.1. The normalized spacial score (nSPS) is 22.7. The van der Waals surface area contributed by atoms with Crippen LogP contribution in [0.25, 0.3) is 0 Å². The molecule has 2 unspecified atom stereocenters. The Balaban J connectivity index is 2.05. The lowest BCUT2D eigenvalue weighted by atomic mass is 10.0. The van der Waals surface area contributed by atoms with E-state index >= 15 is 0 Å². The summed E-state index contributed by atoms with van der Waals surface area (Å²) in [5, 5.41) is 10.8. The maximum Gasteiger partial charge on any atom is 0.238 e. The van der Waals surface area contributed by atoms with Gasteiger partial charge in [-0.1, -0.05) is 0 Å². The van der Waals surface area contributed by atoms with E-state index in [2.05, 4.69) is 10.6 Å². The first kappa shape index (κ1) is 14.9. The van der Waals surface area contributed by atoms with Crippen molar-refractivity contribution in [3.05, 3.63) is 24.3 Å². The molecule has 1 amide bonds. The zero-order valence-electron chi connectivity index (χ0n) is 11.0. The minimum Gasteiger partial charge on any atom is -0.379 e. The summed E-state index contributed by atoms with van der Waals surface area (Å²) < 4.78 is 27.5. The van der Waals surface area contributed by atoms with Gasteiger partial charge in [-0.25, -0.2) is 13.6 Å². The van der Waals surface area contributed by atoms with Gasteiger partial charge in [-0.2, -0.15) is 0 Å². The van der Waals surface area contributed by atoms with E-state index in [1.165, 1.54) is 24.3 Å². The molecule has 20 heavy (non-hydrogen) atoms. The van der Waals surface area contributed by atoms with Crippen LogP contribution in [0.4, 0.5) is 5.69 Å². The average molecular weight is 299 g/mol. The maximum atomic E-state index is 12.1. The highest BCUT2D eigenvalue weighted by atomic mass is 32.2. The molecule has 1 aromatic carbocycles. The Kier molecular flexibility index (Phi) is 4.39. The molecule has 0 aliphatic carbocycles. The standard InChI is InChI=1S/C12H17N3O4S/c1-14-11-7-19-6-10(11)12(16)15-8-2-4-9(5-3-8)20(13,17)18/h2-5,10-11,14H,6-7H2,1H3,(H,15,16)(H2,13,17,18). The van der Waals surface area contributed by atoms with Gasteiger partial charge in [-0.05, 0) is 31.3 Å².